The molecule has 0 atom stereocenters. The third kappa shape index (κ3) is 2.61. The van der Waals surface area contributed by atoms with Gasteiger partial charge in [0.1, 0.15) is 0 Å². The molecule has 1 aliphatic carbocycles. The van der Waals surface area contributed by atoms with Gasteiger partial charge in [-0.05, 0) is 23.3 Å². The van der Waals surface area contributed by atoms with Crippen LogP contribution in [0.1, 0.15) is 11.1 Å². The summed E-state index contributed by atoms with van der Waals surface area (Å²) in [6.45, 7) is 0. The van der Waals surface area contributed by atoms with Crippen LogP contribution in [0.2, 0.25) is 0 Å². The fourth-order valence-electron chi connectivity index (χ4n) is 1.66. The highest BCUT2D eigenvalue weighted by molar-refractivity contribution is 7.89. The number of benzene rings is 1. The molecule has 18 heavy (non-hydrogen) atoms. The number of rotatable bonds is 2. The van der Waals surface area contributed by atoms with Gasteiger partial charge in [-0.25, -0.2) is 0 Å². The molecule has 0 aromatic heterocycles. The molecule has 0 spiro atoms. The second-order valence-electron chi connectivity index (χ2n) is 3.79. The van der Waals surface area contributed by atoms with Crippen LogP contribution in [0.25, 0.3) is 0 Å². The molecule has 0 unspecified atom stereocenters. The first-order valence-electron chi connectivity index (χ1n) is 4.80. The van der Waals surface area contributed by atoms with Crippen LogP contribution in [-0.2, 0) is 26.7 Å². The van der Waals surface area contributed by atoms with Crippen LogP contribution in [0.15, 0.2) is 34.1 Å². The van der Waals surface area contributed by atoms with Crippen molar-refractivity contribution in [3.8, 4) is 0 Å². The van der Waals surface area contributed by atoms with Crippen molar-refractivity contribution in [2.45, 2.75) is 11.3 Å². The van der Waals surface area contributed by atoms with Crippen LogP contribution in [0, 0.1) is 6.42 Å². The quantitative estimate of drug-likeness (QED) is 0.780. The van der Waals surface area contributed by atoms with E-state index in [9.17, 15) is 16.8 Å². The molecule has 0 aliphatic heterocycles. The van der Waals surface area contributed by atoms with Crippen molar-refractivity contribution in [2.75, 3.05) is 0 Å². The van der Waals surface area contributed by atoms with Crippen LogP contribution in [-0.4, -0.2) is 25.9 Å². The highest BCUT2D eigenvalue weighted by atomic mass is 32.2. The maximum absolute atomic E-state index is 11.0. The molecule has 1 aromatic carbocycles. The summed E-state index contributed by atoms with van der Waals surface area (Å²) in [5.74, 6) is 0. The number of hydrogen-bond donors (Lipinski definition) is 2. The Labute approximate surface area is 104 Å². The summed E-state index contributed by atoms with van der Waals surface area (Å²) >= 11 is 0. The molecule has 1 aromatic rings. The average Bonchev–Trinajstić information content (AvgIpc) is 2.25. The summed E-state index contributed by atoms with van der Waals surface area (Å²) in [5.41, 5.74) is 1.04. The summed E-state index contributed by atoms with van der Waals surface area (Å²) in [5, 5.41) is 0. The number of hydrogen-bond acceptors (Lipinski definition) is 4. The van der Waals surface area contributed by atoms with Gasteiger partial charge >= 0.3 is 0 Å². The van der Waals surface area contributed by atoms with Crippen LogP contribution in [0.5, 0.6) is 0 Å². The van der Waals surface area contributed by atoms with E-state index in [-0.39, 0.29) is 16.2 Å². The molecule has 6 nitrogen and oxygen atoms in total. The molecule has 0 heterocycles. The SMILES string of the molecule is O=S(=O)(O)C1=C[CH]c2ccc(S(=O)(=O)O)cc2C1. The summed E-state index contributed by atoms with van der Waals surface area (Å²) < 4.78 is 61.7. The van der Waals surface area contributed by atoms with Gasteiger partial charge in [0.25, 0.3) is 20.2 Å². The minimum absolute atomic E-state index is 0.117. The standard InChI is InChI=1S/C10H9O6S2/c11-17(12,13)9-3-1-7-2-4-10(18(14,15)16)6-8(7)5-9/h1-5H,6H2,(H,11,12,13)(H,14,15,16). The molecule has 0 saturated carbocycles. The summed E-state index contributed by atoms with van der Waals surface area (Å²) in [4.78, 5) is -0.534. The highest BCUT2D eigenvalue weighted by Crippen LogP contribution is 2.27. The topological polar surface area (TPSA) is 109 Å². The van der Waals surface area contributed by atoms with Gasteiger partial charge in [-0.3, -0.25) is 9.11 Å². The normalized spacial score (nSPS) is 16.0. The fourth-order valence-corrected chi connectivity index (χ4v) is 2.77. The highest BCUT2D eigenvalue weighted by Gasteiger charge is 2.21. The summed E-state index contributed by atoms with van der Waals surface area (Å²) in [6.07, 6.45) is 2.59. The van der Waals surface area contributed by atoms with E-state index < -0.39 is 20.2 Å². The Kier molecular flexibility index (Phi) is 3.06. The molecule has 0 fully saturated rings. The van der Waals surface area contributed by atoms with Gasteiger partial charge in [0.05, 0.1) is 9.80 Å². The number of allylic oxidation sites excluding steroid dienone is 2. The van der Waals surface area contributed by atoms with E-state index in [1.165, 1.54) is 30.7 Å². The average molecular weight is 289 g/mol. The van der Waals surface area contributed by atoms with Gasteiger partial charge in [-0.1, -0.05) is 12.1 Å². The Hall–Kier alpha value is -1.22. The maximum Gasteiger partial charge on any atom is 0.294 e. The predicted molar refractivity (Wildman–Crippen MR) is 63.0 cm³/mol. The van der Waals surface area contributed by atoms with Crippen LogP contribution < -0.4 is 0 Å². The minimum atomic E-state index is -4.33. The van der Waals surface area contributed by atoms with Crippen molar-refractivity contribution in [1.29, 1.82) is 0 Å². The zero-order valence-corrected chi connectivity index (χ0v) is 10.6. The lowest BCUT2D eigenvalue weighted by atomic mass is 9.97. The summed E-state index contributed by atoms with van der Waals surface area (Å²) in [7, 11) is -8.63. The van der Waals surface area contributed by atoms with Crippen molar-refractivity contribution >= 4 is 20.2 Å². The lowest BCUT2D eigenvalue weighted by Crippen LogP contribution is -2.11. The van der Waals surface area contributed by atoms with Gasteiger partial charge in [0.15, 0.2) is 0 Å². The second kappa shape index (κ2) is 4.16. The first kappa shape index (κ1) is 13.2. The molecule has 97 valence electrons. The molecule has 2 rings (SSSR count). The van der Waals surface area contributed by atoms with Crippen molar-refractivity contribution in [2.24, 2.45) is 0 Å². The van der Waals surface area contributed by atoms with E-state index in [4.69, 9.17) is 9.11 Å². The first-order chi connectivity index (χ1) is 8.18. The summed E-state index contributed by atoms with van der Waals surface area (Å²) in [6, 6.07) is 3.85. The molecule has 2 N–H and O–H groups in total. The van der Waals surface area contributed by atoms with Crippen LogP contribution >= 0.6 is 0 Å². The zero-order chi connectivity index (χ0) is 13.6. The Balaban J connectivity index is 2.47. The monoisotopic (exact) mass is 289 g/mol. The molecule has 8 heteroatoms. The molecular formula is C10H9O6S2. The molecule has 1 aliphatic rings. The van der Waals surface area contributed by atoms with Gasteiger partial charge in [-0.15, -0.1) is 0 Å². The van der Waals surface area contributed by atoms with Crippen molar-refractivity contribution < 1.29 is 25.9 Å². The van der Waals surface area contributed by atoms with E-state index >= 15 is 0 Å². The molecular weight excluding hydrogens is 280 g/mol. The van der Waals surface area contributed by atoms with Gasteiger partial charge < -0.3 is 0 Å². The smallest absolute Gasteiger partial charge is 0.282 e. The Morgan fingerprint density at radius 2 is 1.67 bits per heavy atom. The maximum atomic E-state index is 11.0. The van der Waals surface area contributed by atoms with Crippen LogP contribution in [0.4, 0.5) is 0 Å². The van der Waals surface area contributed by atoms with Gasteiger partial charge in [0.2, 0.25) is 0 Å². The number of fused-ring (bicyclic) bond motifs is 1. The Bertz CT molecular complexity index is 728. The van der Waals surface area contributed by atoms with E-state index in [0.29, 0.717) is 11.1 Å². The Morgan fingerprint density at radius 3 is 2.22 bits per heavy atom. The minimum Gasteiger partial charge on any atom is -0.282 e. The van der Waals surface area contributed by atoms with Crippen molar-refractivity contribution in [3.63, 3.8) is 0 Å². The van der Waals surface area contributed by atoms with Crippen molar-refractivity contribution in [3.05, 3.63) is 46.7 Å². The zero-order valence-electron chi connectivity index (χ0n) is 8.94. The van der Waals surface area contributed by atoms with Crippen molar-refractivity contribution in [1.82, 2.24) is 0 Å². The lowest BCUT2D eigenvalue weighted by molar-refractivity contribution is 0.483. The van der Waals surface area contributed by atoms with E-state index in [0.717, 1.165) is 0 Å². The first-order valence-corrected chi connectivity index (χ1v) is 7.68. The van der Waals surface area contributed by atoms with E-state index in [1.54, 1.807) is 0 Å². The van der Waals surface area contributed by atoms with Crippen LogP contribution in [0.3, 0.4) is 0 Å². The fraction of sp³-hybridized carbons (Fsp3) is 0.100. The molecule has 1 radical (unpaired) electrons. The molecule has 0 amide bonds. The largest absolute Gasteiger partial charge is 0.294 e. The van der Waals surface area contributed by atoms with Gasteiger partial charge in [-0.2, -0.15) is 16.8 Å². The second-order valence-corrected chi connectivity index (χ2v) is 6.68. The third-order valence-electron chi connectivity index (χ3n) is 2.56. The Morgan fingerprint density at radius 1 is 1.00 bits per heavy atom. The van der Waals surface area contributed by atoms with Gasteiger partial charge in [0, 0.05) is 12.8 Å². The predicted octanol–water partition coefficient (Wildman–Crippen LogP) is 0.813. The molecule has 0 saturated heterocycles. The molecule has 0 bridgehead atoms. The van der Waals surface area contributed by atoms with E-state index in [1.807, 2.05) is 0 Å². The third-order valence-corrected chi connectivity index (χ3v) is 4.35. The lowest BCUT2D eigenvalue weighted by Gasteiger charge is -2.15. The van der Waals surface area contributed by atoms with E-state index in [2.05, 4.69) is 0 Å².